The summed E-state index contributed by atoms with van der Waals surface area (Å²) in [5.41, 5.74) is 0.160. The fraction of sp³-hybridized carbons (Fsp3) is 0.857. The molecule has 1 amide bonds. The molecule has 0 aromatic carbocycles. The van der Waals surface area contributed by atoms with Gasteiger partial charge in [-0.05, 0) is 31.1 Å². The minimum atomic E-state index is -0.733. The SMILES string of the molecule is CC(C)(C)CCC(=O)NC1CCCC(C(=O)O)C1. The molecule has 1 saturated carbocycles. The Balaban J connectivity index is 2.33. The van der Waals surface area contributed by atoms with Crippen molar-refractivity contribution < 1.29 is 14.7 Å². The van der Waals surface area contributed by atoms with Crippen molar-refractivity contribution in [1.82, 2.24) is 5.32 Å². The normalized spacial score (nSPS) is 24.6. The summed E-state index contributed by atoms with van der Waals surface area (Å²) in [5.74, 6) is -0.962. The van der Waals surface area contributed by atoms with Crippen molar-refractivity contribution in [3.8, 4) is 0 Å². The van der Waals surface area contributed by atoms with E-state index in [0.29, 0.717) is 12.8 Å². The molecule has 0 aliphatic heterocycles. The maximum Gasteiger partial charge on any atom is 0.306 e. The molecule has 0 radical (unpaired) electrons. The summed E-state index contributed by atoms with van der Waals surface area (Å²) >= 11 is 0. The third kappa shape index (κ3) is 5.52. The number of hydrogen-bond donors (Lipinski definition) is 2. The number of nitrogens with one attached hydrogen (secondary N) is 1. The lowest BCUT2D eigenvalue weighted by Gasteiger charge is -2.27. The van der Waals surface area contributed by atoms with Gasteiger partial charge in [-0.2, -0.15) is 0 Å². The van der Waals surface area contributed by atoms with E-state index in [1.54, 1.807) is 0 Å². The third-order valence-electron chi connectivity index (χ3n) is 3.49. The zero-order chi connectivity index (χ0) is 13.8. The second-order valence-corrected chi connectivity index (χ2v) is 6.53. The Morgan fingerprint density at radius 2 is 1.94 bits per heavy atom. The molecule has 104 valence electrons. The summed E-state index contributed by atoms with van der Waals surface area (Å²) in [5, 5.41) is 12.0. The van der Waals surface area contributed by atoms with Gasteiger partial charge in [0.25, 0.3) is 0 Å². The van der Waals surface area contributed by atoms with Crippen LogP contribution in [0.3, 0.4) is 0 Å². The topological polar surface area (TPSA) is 66.4 Å². The Morgan fingerprint density at radius 3 is 2.50 bits per heavy atom. The molecular formula is C14H25NO3. The highest BCUT2D eigenvalue weighted by atomic mass is 16.4. The van der Waals surface area contributed by atoms with Crippen LogP contribution in [-0.4, -0.2) is 23.0 Å². The van der Waals surface area contributed by atoms with E-state index in [2.05, 4.69) is 26.1 Å². The van der Waals surface area contributed by atoms with Gasteiger partial charge in [-0.15, -0.1) is 0 Å². The van der Waals surface area contributed by atoms with E-state index in [4.69, 9.17) is 5.11 Å². The molecule has 0 aromatic rings. The van der Waals surface area contributed by atoms with E-state index in [1.165, 1.54) is 0 Å². The van der Waals surface area contributed by atoms with E-state index in [-0.39, 0.29) is 23.3 Å². The van der Waals surface area contributed by atoms with Gasteiger partial charge < -0.3 is 10.4 Å². The Bertz CT molecular complexity index is 307. The van der Waals surface area contributed by atoms with Crippen LogP contribution in [0.5, 0.6) is 0 Å². The van der Waals surface area contributed by atoms with Gasteiger partial charge in [-0.25, -0.2) is 0 Å². The van der Waals surface area contributed by atoms with Crippen molar-refractivity contribution in [3.63, 3.8) is 0 Å². The first-order valence-corrected chi connectivity index (χ1v) is 6.80. The summed E-state index contributed by atoms with van der Waals surface area (Å²) in [4.78, 5) is 22.7. The largest absolute Gasteiger partial charge is 0.481 e. The number of carboxylic acids is 1. The molecule has 18 heavy (non-hydrogen) atoms. The first-order valence-electron chi connectivity index (χ1n) is 6.80. The van der Waals surface area contributed by atoms with Gasteiger partial charge in [0, 0.05) is 12.5 Å². The zero-order valence-corrected chi connectivity index (χ0v) is 11.7. The summed E-state index contributed by atoms with van der Waals surface area (Å²) in [6.45, 7) is 6.34. The van der Waals surface area contributed by atoms with Crippen LogP contribution in [0.4, 0.5) is 0 Å². The highest BCUT2D eigenvalue weighted by molar-refractivity contribution is 5.76. The molecule has 0 saturated heterocycles. The van der Waals surface area contributed by atoms with Gasteiger partial charge in [0.2, 0.25) is 5.91 Å². The lowest BCUT2D eigenvalue weighted by atomic mass is 9.85. The van der Waals surface area contributed by atoms with Crippen LogP contribution in [0.15, 0.2) is 0 Å². The van der Waals surface area contributed by atoms with Gasteiger partial charge in [-0.3, -0.25) is 9.59 Å². The summed E-state index contributed by atoms with van der Waals surface area (Å²) < 4.78 is 0. The number of amides is 1. The monoisotopic (exact) mass is 255 g/mol. The molecule has 1 fully saturated rings. The quantitative estimate of drug-likeness (QED) is 0.811. The Kier molecular flexibility index (Phi) is 5.17. The maximum absolute atomic E-state index is 11.8. The molecule has 1 rings (SSSR count). The maximum atomic E-state index is 11.8. The average Bonchev–Trinajstić information content (AvgIpc) is 2.26. The predicted molar refractivity (Wildman–Crippen MR) is 70.2 cm³/mol. The number of hydrogen-bond acceptors (Lipinski definition) is 2. The second-order valence-electron chi connectivity index (χ2n) is 6.53. The molecule has 2 N–H and O–H groups in total. The molecule has 0 spiro atoms. The number of carbonyl (C=O) groups is 2. The summed E-state index contributed by atoms with van der Waals surface area (Å²) in [7, 11) is 0. The first kappa shape index (κ1) is 15.0. The minimum Gasteiger partial charge on any atom is -0.481 e. The van der Waals surface area contributed by atoms with Gasteiger partial charge >= 0.3 is 5.97 Å². The highest BCUT2D eigenvalue weighted by Crippen LogP contribution is 2.25. The van der Waals surface area contributed by atoms with Crippen LogP contribution >= 0.6 is 0 Å². The standard InChI is InChI=1S/C14H25NO3/c1-14(2,3)8-7-12(16)15-11-6-4-5-10(9-11)13(17)18/h10-11H,4-9H2,1-3H3,(H,15,16)(H,17,18). The van der Waals surface area contributed by atoms with Crippen LogP contribution in [0.1, 0.15) is 59.3 Å². The van der Waals surface area contributed by atoms with Crippen molar-refractivity contribution in [1.29, 1.82) is 0 Å². The third-order valence-corrected chi connectivity index (χ3v) is 3.49. The predicted octanol–water partition coefficient (Wildman–Crippen LogP) is 2.57. The van der Waals surface area contributed by atoms with Crippen molar-refractivity contribution in [3.05, 3.63) is 0 Å². The van der Waals surface area contributed by atoms with Crippen molar-refractivity contribution in [2.45, 2.75) is 65.3 Å². The summed E-state index contributed by atoms with van der Waals surface area (Å²) in [6, 6.07) is 0.0484. The molecular weight excluding hydrogens is 230 g/mol. The average molecular weight is 255 g/mol. The van der Waals surface area contributed by atoms with Crippen LogP contribution in [0.2, 0.25) is 0 Å². The van der Waals surface area contributed by atoms with E-state index in [0.717, 1.165) is 25.7 Å². The molecule has 0 bridgehead atoms. The minimum absolute atomic E-state index is 0.0484. The second kappa shape index (κ2) is 6.21. The smallest absolute Gasteiger partial charge is 0.306 e. The van der Waals surface area contributed by atoms with E-state index in [1.807, 2.05) is 0 Å². The van der Waals surface area contributed by atoms with Gasteiger partial charge in [0.15, 0.2) is 0 Å². The van der Waals surface area contributed by atoms with Crippen LogP contribution < -0.4 is 5.32 Å². The highest BCUT2D eigenvalue weighted by Gasteiger charge is 2.27. The van der Waals surface area contributed by atoms with Gasteiger partial charge in [0.05, 0.1) is 5.92 Å². The number of carboxylic acid groups (broad SMARTS) is 1. The number of rotatable bonds is 4. The van der Waals surface area contributed by atoms with E-state index < -0.39 is 5.97 Å². The fourth-order valence-electron chi connectivity index (χ4n) is 2.33. The van der Waals surface area contributed by atoms with E-state index >= 15 is 0 Å². The molecule has 2 unspecified atom stereocenters. The molecule has 4 heteroatoms. The van der Waals surface area contributed by atoms with Crippen LogP contribution in [0.25, 0.3) is 0 Å². The van der Waals surface area contributed by atoms with Crippen LogP contribution in [-0.2, 0) is 9.59 Å². The van der Waals surface area contributed by atoms with E-state index in [9.17, 15) is 9.59 Å². The lowest BCUT2D eigenvalue weighted by molar-refractivity contribution is -0.143. The summed E-state index contributed by atoms with van der Waals surface area (Å²) in [6.07, 6.45) is 4.50. The molecule has 1 aliphatic carbocycles. The van der Waals surface area contributed by atoms with Crippen molar-refractivity contribution in [2.75, 3.05) is 0 Å². The van der Waals surface area contributed by atoms with Crippen molar-refractivity contribution in [2.24, 2.45) is 11.3 Å². The zero-order valence-electron chi connectivity index (χ0n) is 11.7. The molecule has 1 aliphatic rings. The Hall–Kier alpha value is -1.06. The van der Waals surface area contributed by atoms with Crippen LogP contribution in [0, 0.1) is 11.3 Å². The van der Waals surface area contributed by atoms with Gasteiger partial charge in [0.1, 0.15) is 0 Å². The Morgan fingerprint density at radius 1 is 1.28 bits per heavy atom. The molecule has 2 atom stereocenters. The molecule has 0 heterocycles. The Labute approximate surface area is 109 Å². The fourth-order valence-corrected chi connectivity index (χ4v) is 2.33. The molecule has 0 aromatic heterocycles. The molecule has 4 nitrogen and oxygen atoms in total. The van der Waals surface area contributed by atoms with Crippen molar-refractivity contribution >= 4 is 11.9 Å². The van der Waals surface area contributed by atoms with Gasteiger partial charge in [-0.1, -0.05) is 27.2 Å². The lowest BCUT2D eigenvalue weighted by Crippen LogP contribution is -2.40. The number of carbonyl (C=O) groups excluding carboxylic acids is 1. The number of aliphatic carboxylic acids is 1. The first-order chi connectivity index (χ1) is 8.28.